The third-order valence-corrected chi connectivity index (χ3v) is 3.71. The zero-order valence-corrected chi connectivity index (χ0v) is 14.3. The van der Waals surface area contributed by atoms with E-state index in [1.807, 2.05) is 16.8 Å². The van der Waals surface area contributed by atoms with Crippen LogP contribution in [0.1, 0.15) is 5.56 Å². The van der Waals surface area contributed by atoms with Crippen LogP contribution in [0.4, 0.5) is 4.39 Å². The second-order valence-electron chi connectivity index (χ2n) is 5.57. The maximum Gasteiger partial charge on any atom is 0.218 e. The molecule has 0 radical (unpaired) electrons. The van der Waals surface area contributed by atoms with Gasteiger partial charge in [-0.15, -0.1) is 0 Å². The minimum atomic E-state index is -0.334. The number of pyridine rings is 1. The summed E-state index contributed by atoms with van der Waals surface area (Å²) in [5, 5.41) is 4.57. The molecular formula is C18H18ClFN4O. The van der Waals surface area contributed by atoms with Crippen molar-refractivity contribution in [2.24, 2.45) is 0 Å². The van der Waals surface area contributed by atoms with Crippen LogP contribution in [0.15, 0.2) is 54.6 Å². The van der Waals surface area contributed by atoms with E-state index < -0.39 is 0 Å². The van der Waals surface area contributed by atoms with Gasteiger partial charge in [0.1, 0.15) is 12.4 Å². The van der Waals surface area contributed by atoms with E-state index in [1.165, 1.54) is 12.1 Å². The monoisotopic (exact) mass is 360 g/mol. The van der Waals surface area contributed by atoms with Crippen molar-refractivity contribution in [1.29, 1.82) is 0 Å². The minimum absolute atomic E-state index is 0.150. The molecular weight excluding hydrogens is 343 g/mol. The summed E-state index contributed by atoms with van der Waals surface area (Å²) in [4.78, 5) is 8.43. The van der Waals surface area contributed by atoms with E-state index in [1.54, 1.807) is 18.6 Å². The fourth-order valence-corrected chi connectivity index (χ4v) is 2.47. The molecule has 0 atom stereocenters. The second-order valence-corrected chi connectivity index (χ2v) is 6.11. The van der Waals surface area contributed by atoms with E-state index in [0.717, 1.165) is 24.0 Å². The Morgan fingerprint density at radius 2 is 2.24 bits per heavy atom. The highest BCUT2D eigenvalue weighted by molar-refractivity contribution is 6.29. The van der Waals surface area contributed by atoms with Gasteiger partial charge in [-0.1, -0.05) is 18.2 Å². The fourth-order valence-electron chi connectivity index (χ4n) is 2.41. The van der Waals surface area contributed by atoms with Gasteiger partial charge in [0.05, 0.1) is 11.8 Å². The summed E-state index contributed by atoms with van der Waals surface area (Å²) in [6.07, 6.45) is 5.43. The first kappa shape index (κ1) is 17.4. The molecule has 0 saturated heterocycles. The Kier molecular flexibility index (Phi) is 5.63. The lowest BCUT2D eigenvalue weighted by Gasteiger charge is -2.13. The Labute approximate surface area is 150 Å². The molecule has 0 amide bonds. The molecule has 25 heavy (non-hydrogen) atoms. The van der Waals surface area contributed by atoms with Gasteiger partial charge in [-0.25, -0.2) is 14.4 Å². The van der Waals surface area contributed by atoms with E-state index in [4.69, 9.17) is 16.3 Å². The standard InChI is InChI=1S/C18H18ClFN4O/c1-13(19)11-25-18-15(10-21-4-6-24-7-5-22-12-24)8-14-2-3-16(20)9-17(14)23-18/h2-3,5,7-9,12,21H,1,4,6,10-11H2. The van der Waals surface area contributed by atoms with Gasteiger partial charge < -0.3 is 14.6 Å². The van der Waals surface area contributed by atoms with Crippen LogP contribution in [0.25, 0.3) is 10.9 Å². The molecule has 2 heterocycles. The van der Waals surface area contributed by atoms with Crippen LogP contribution >= 0.6 is 11.6 Å². The third-order valence-electron chi connectivity index (χ3n) is 3.61. The number of benzene rings is 1. The van der Waals surface area contributed by atoms with E-state index in [2.05, 4.69) is 21.9 Å². The molecule has 0 aliphatic rings. The van der Waals surface area contributed by atoms with Crippen molar-refractivity contribution in [3.63, 3.8) is 0 Å². The van der Waals surface area contributed by atoms with E-state index >= 15 is 0 Å². The summed E-state index contributed by atoms with van der Waals surface area (Å²) in [5.41, 5.74) is 1.42. The quantitative estimate of drug-likeness (QED) is 0.625. The number of halogens is 2. The average molecular weight is 361 g/mol. The number of ether oxygens (including phenoxy) is 1. The lowest BCUT2D eigenvalue weighted by molar-refractivity contribution is 0.341. The molecule has 1 aromatic carbocycles. The number of hydrogen-bond acceptors (Lipinski definition) is 4. The second kappa shape index (κ2) is 8.09. The molecule has 1 N–H and O–H groups in total. The SMILES string of the molecule is C=C(Cl)COc1nc2cc(F)ccc2cc1CNCCn1ccnc1. The van der Waals surface area contributed by atoms with Gasteiger partial charge in [0.2, 0.25) is 5.88 Å². The molecule has 3 rings (SSSR count). The first-order valence-corrected chi connectivity index (χ1v) is 8.21. The van der Waals surface area contributed by atoms with Gasteiger partial charge in [-0.2, -0.15) is 0 Å². The summed E-state index contributed by atoms with van der Waals surface area (Å²) < 4.78 is 21.0. The lowest BCUT2D eigenvalue weighted by Crippen LogP contribution is -2.19. The molecule has 0 aliphatic carbocycles. The summed E-state index contributed by atoms with van der Waals surface area (Å²) >= 11 is 5.78. The molecule has 0 spiro atoms. The van der Waals surface area contributed by atoms with Gasteiger partial charge in [0.15, 0.2) is 0 Å². The number of rotatable bonds is 8. The van der Waals surface area contributed by atoms with Crippen molar-refractivity contribution in [1.82, 2.24) is 19.9 Å². The Balaban J connectivity index is 1.74. The van der Waals surface area contributed by atoms with Crippen molar-refractivity contribution in [3.05, 3.63) is 66.0 Å². The van der Waals surface area contributed by atoms with Gasteiger partial charge in [0, 0.05) is 54.1 Å². The maximum absolute atomic E-state index is 13.4. The number of nitrogens with zero attached hydrogens (tertiary/aromatic N) is 3. The van der Waals surface area contributed by atoms with Crippen molar-refractivity contribution in [2.45, 2.75) is 13.1 Å². The van der Waals surface area contributed by atoms with Crippen LogP contribution in [0.5, 0.6) is 5.88 Å². The molecule has 0 bridgehead atoms. The van der Waals surface area contributed by atoms with E-state index in [9.17, 15) is 4.39 Å². The van der Waals surface area contributed by atoms with Crippen LogP contribution in [-0.2, 0) is 13.1 Å². The fraction of sp³-hybridized carbons (Fsp3) is 0.222. The summed E-state index contributed by atoms with van der Waals surface area (Å²) in [6, 6.07) is 6.45. The van der Waals surface area contributed by atoms with Crippen molar-refractivity contribution >= 4 is 22.5 Å². The molecule has 0 fully saturated rings. The molecule has 0 saturated carbocycles. The zero-order valence-electron chi connectivity index (χ0n) is 13.6. The van der Waals surface area contributed by atoms with E-state index in [-0.39, 0.29) is 12.4 Å². The topological polar surface area (TPSA) is 52.0 Å². The highest BCUT2D eigenvalue weighted by Gasteiger charge is 2.09. The van der Waals surface area contributed by atoms with Crippen LogP contribution in [-0.4, -0.2) is 27.7 Å². The molecule has 3 aromatic rings. The number of hydrogen-bond donors (Lipinski definition) is 1. The first-order chi connectivity index (χ1) is 12.1. The molecule has 5 nitrogen and oxygen atoms in total. The lowest BCUT2D eigenvalue weighted by atomic mass is 10.1. The van der Waals surface area contributed by atoms with Gasteiger partial charge in [-0.05, 0) is 18.2 Å². The molecule has 0 aliphatic heterocycles. The van der Waals surface area contributed by atoms with E-state index in [0.29, 0.717) is 23.0 Å². The third kappa shape index (κ3) is 4.78. The largest absolute Gasteiger partial charge is 0.472 e. The van der Waals surface area contributed by atoms with Crippen LogP contribution in [0, 0.1) is 5.82 Å². The van der Waals surface area contributed by atoms with Crippen molar-refractivity contribution < 1.29 is 9.13 Å². The van der Waals surface area contributed by atoms with Gasteiger partial charge in [0.25, 0.3) is 0 Å². The molecule has 0 unspecified atom stereocenters. The highest BCUT2D eigenvalue weighted by Crippen LogP contribution is 2.23. The maximum atomic E-state index is 13.4. The summed E-state index contributed by atoms with van der Waals surface area (Å²) in [5.74, 6) is 0.0916. The Morgan fingerprint density at radius 3 is 3.00 bits per heavy atom. The number of aromatic nitrogens is 3. The Morgan fingerprint density at radius 1 is 1.36 bits per heavy atom. The predicted molar refractivity (Wildman–Crippen MR) is 96.1 cm³/mol. The summed E-state index contributed by atoms with van der Waals surface area (Å²) in [6.45, 7) is 5.90. The minimum Gasteiger partial charge on any atom is -0.472 e. The Hall–Kier alpha value is -2.44. The molecule has 2 aromatic heterocycles. The Bertz CT molecular complexity index is 867. The predicted octanol–water partition coefficient (Wildman–Crippen LogP) is 3.49. The zero-order chi connectivity index (χ0) is 17.6. The van der Waals surface area contributed by atoms with Crippen molar-refractivity contribution in [3.8, 4) is 5.88 Å². The van der Waals surface area contributed by atoms with Gasteiger partial charge in [-0.3, -0.25) is 0 Å². The van der Waals surface area contributed by atoms with Crippen LogP contribution in [0.3, 0.4) is 0 Å². The molecule has 7 heteroatoms. The number of fused-ring (bicyclic) bond motifs is 1. The first-order valence-electron chi connectivity index (χ1n) is 7.83. The number of imidazole rings is 1. The smallest absolute Gasteiger partial charge is 0.218 e. The van der Waals surface area contributed by atoms with Crippen LogP contribution < -0.4 is 10.1 Å². The van der Waals surface area contributed by atoms with Crippen LogP contribution in [0.2, 0.25) is 0 Å². The average Bonchev–Trinajstić information content (AvgIpc) is 3.10. The van der Waals surface area contributed by atoms with Crippen molar-refractivity contribution in [2.75, 3.05) is 13.2 Å². The molecule has 130 valence electrons. The summed E-state index contributed by atoms with van der Waals surface area (Å²) in [7, 11) is 0. The van der Waals surface area contributed by atoms with Gasteiger partial charge >= 0.3 is 0 Å². The highest BCUT2D eigenvalue weighted by atomic mass is 35.5. The number of nitrogens with one attached hydrogen (secondary N) is 1. The normalized spacial score (nSPS) is 11.0.